The number of nitro groups is 1. The fourth-order valence-corrected chi connectivity index (χ4v) is 2.52. The molecule has 0 aromatic heterocycles. The molecule has 0 heterocycles. The highest BCUT2D eigenvalue weighted by Gasteiger charge is 2.28. The first-order valence-corrected chi connectivity index (χ1v) is 6.76. The van der Waals surface area contributed by atoms with Crippen LogP contribution in [0.15, 0.2) is 18.2 Å². The molecular weight excluding hydrogens is 256 g/mol. The van der Waals surface area contributed by atoms with Crippen LogP contribution in [0.1, 0.15) is 45.1 Å². The molecule has 1 fully saturated rings. The molecule has 2 rings (SSSR count). The van der Waals surface area contributed by atoms with Crippen molar-refractivity contribution in [3.05, 3.63) is 33.9 Å². The average Bonchev–Trinajstić information content (AvgIpc) is 2.40. The quantitative estimate of drug-likeness (QED) is 0.620. The van der Waals surface area contributed by atoms with Crippen LogP contribution in [0.4, 0.5) is 5.69 Å². The van der Waals surface area contributed by atoms with E-state index in [0.717, 1.165) is 25.7 Å². The molecular formula is C15H18N2O3. The Morgan fingerprint density at radius 3 is 2.60 bits per heavy atom. The molecule has 0 spiro atoms. The predicted octanol–water partition coefficient (Wildman–Crippen LogP) is 3.81. The summed E-state index contributed by atoms with van der Waals surface area (Å²) in [6.07, 6.45) is 4.31. The topological polar surface area (TPSA) is 76.2 Å². The van der Waals surface area contributed by atoms with Gasteiger partial charge in [-0.1, -0.05) is 13.8 Å². The molecule has 106 valence electrons. The Morgan fingerprint density at radius 2 is 2.05 bits per heavy atom. The summed E-state index contributed by atoms with van der Waals surface area (Å²) in [5.74, 6) is 0.539. The van der Waals surface area contributed by atoms with Gasteiger partial charge >= 0.3 is 0 Å². The molecule has 0 amide bonds. The molecule has 0 atom stereocenters. The number of nitro benzene ring substituents is 1. The third-order valence-corrected chi connectivity index (χ3v) is 3.87. The molecule has 0 bridgehead atoms. The Kier molecular flexibility index (Phi) is 3.93. The Balaban J connectivity index is 2.08. The summed E-state index contributed by atoms with van der Waals surface area (Å²) in [7, 11) is 0. The van der Waals surface area contributed by atoms with Crippen molar-refractivity contribution in [3.8, 4) is 11.8 Å². The maximum Gasteiger partial charge on any atom is 0.287 e. The molecule has 1 aromatic rings. The van der Waals surface area contributed by atoms with Gasteiger partial charge in [-0.25, -0.2) is 0 Å². The molecule has 5 nitrogen and oxygen atoms in total. The third kappa shape index (κ3) is 3.27. The lowest BCUT2D eigenvalue weighted by molar-refractivity contribution is -0.385. The van der Waals surface area contributed by atoms with Gasteiger partial charge in [0.15, 0.2) is 0 Å². The monoisotopic (exact) mass is 274 g/mol. The average molecular weight is 274 g/mol. The molecule has 0 aliphatic heterocycles. The van der Waals surface area contributed by atoms with E-state index in [1.807, 2.05) is 6.07 Å². The van der Waals surface area contributed by atoms with Crippen molar-refractivity contribution in [2.75, 3.05) is 0 Å². The SMILES string of the molecule is CC1(C)CCC(Oc2ccc([N+](=O)[O-])c(C#N)c2)CC1. The van der Waals surface area contributed by atoms with Gasteiger partial charge in [-0.3, -0.25) is 10.1 Å². The molecule has 0 saturated heterocycles. The lowest BCUT2D eigenvalue weighted by Crippen LogP contribution is -2.28. The summed E-state index contributed by atoms with van der Waals surface area (Å²) in [5, 5.41) is 19.7. The summed E-state index contributed by atoms with van der Waals surface area (Å²) in [4.78, 5) is 10.2. The maximum absolute atomic E-state index is 10.8. The van der Waals surface area contributed by atoms with Gasteiger partial charge in [-0.05, 0) is 37.2 Å². The van der Waals surface area contributed by atoms with Crippen LogP contribution in [-0.4, -0.2) is 11.0 Å². The molecule has 1 aliphatic carbocycles. The third-order valence-electron chi connectivity index (χ3n) is 3.87. The van der Waals surface area contributed by atoms with Crippen LogP contribution in [0, 0.1) is 26.9 Å². The minimum Gasteiger partial charge on any atom is -0.490 e. The number of nitrogens with zero attached hydrogens (tertiary/aromatic N) is 2. The van der Waals surface area contributed by atoms with Gasteiger partial charge in [0.1, 0.15) is 17.4 Å². The van der Waals surface area contributed by atoms with Crippen LogP contribution >= 0.6 is 0 Å². The number of benzene rings is 1. The van der Waals surface area contributed by atoms with Crippen molar-refractivity contribution in [2.45, 2.75) is 45.6 Å². The van der Waals surface area contributed by atoms with Crippen LogP contribution in [0.3, 0.4) is 0 Å². The van der Waals surface area contributed by atoms with E-state index < -0.39 is 4.92 Å². The second-order valence-corrected chi connectivity index (χ2v) is 6.03. The minimum atomic E-state index is -0.550. The summed E-state index contributed by atoms with van der Waals surface area (Å²) >= 11 is 0. The van der Waals surface area contributed by atoms with E-state index >= 15 is 0 Å². The Labute approximate surface area is 118 Å². The largest absolute Gasteiger partial charge is 0.490 e. The smallest absolute Gasteiger partial charge is 0.287 e. The second kappa shape index (κ2) is 5.49. The zero-order valence-electron chi connectivity index (χ0n) is 11.8. The summed E-state index contributed by atoms with van der Waals surface area (Å²) in [6, 6.07) is 6.20. The van der Waals surface area contributed by atoms with E-state index in [0.29, 0.717) is 11.2 Å². The van der Waals surface area contributed by atoms with Crippen LogP contribution in [0.25, 0.3) is 0 Å². The first-order valence-electron chi connectivity index (χ1n) is 6.76. The highest BCUT2D eigenvalue weighted by Crippen LogP contribution is 2.37. The standard InChI is InChI=1S/C15H18N2O3/c1-15(2)7-5-12(6-8-15)20-13-3-4-14(17(18)19)11(9-13)10-16/h3-4,9,12H,5-8H2,1-2H3. The Hall–Kier alpha value is -2.09. The number of nitriles is 1. The van der Waals surface area contributed by atoms with Crippen LogP contribution < -0.4 is 4.74 Å². The predicted molar refractivity (Wildman–Crippen MR) is 74.5 cm³/mol. The number of rotatable bonds is 3. The highest BCUT2D eigenvalue weighted by molar-refractivity contribution is 5.52. The Bertz CT molecular complexity index is 551. The molecule has 1 saturated carbocycles. The molecule has 1 aliphatic rings. The van der Waals surface area contributed by atoms with E-state index in [-0.39, 0.29) is 17.4 Å². The lowest BCUT2D eigenvalue weighted by Gasteiger charge is -2.34. The number of hydrogen-bond acceptors (Lipinski definition) is 4. The number of hydrogen-bond donors (Lipinski definition) is 0. The van der Waals surface area contributed by atoms with Crippen molar-refractivity contribution in [2.24, 2.45) is 5.41 Å². The fraction of sp³-hybridized carbons (Fsp3) is 0.533. The van der Waals surface area contributed by atoms with Crippen LogP contribution in [0.2, 0.25) is 0 Å². The van der Waals surface area contributed by atoms with Crippen LogP contribution in [-0.2, 0) is 0 Å². The highest BCUT2D eigenvalue weighted by atomic mass is 16.6. The van der Waals surface area contributed by atoms with Gasteiger partial charge < -0.3 is 4.74 Å². The van der Waals surface area contributed by atoms with Crippen molar-refractivity contribution < 1.29 is 9.66 Å². The van der Waals surface area contributed by atoms with E-state index in [2.05, 4.69) is 13.8 Å². The zero-order chi connectivity index (χ0) is 14.8. The molecule has 0 N–H and O–H groups in total. The molecule has 20 heavy (non-hydrogen) atoms. The zero-order valence-corrected chi connectivity index (χ0v) is 11.8. The molecule has 0 radical (unpaired) electrons. The fourth-order valence-electron chi connectivity index (χ4n) is 2.52. The van der Waals surface area contributed by atoms with Crippen LogP contribution in [0.5, 0.6) is 5.75 Å². The van der Waals surface area contributed by atoms with E-state index in [4.69, 9.17) is 10.00 Å². The lowest BCUT2D eigenvalue weighted by atomic mass is 9.76. The first kappa shape index (κ1) is 14.3. The molecule has 0 unspecified atom stereocenters. The normalized spacial score (nSPS) is 18.2. The van der Waals surface area contributed by atoms with Gasteiger partial charge in [0.05, 0.1) is 11.0 Å². The van der Waals surface area contributed by atoms with Gasteiger partial charge in [0, 0.05) is 12.1 Å². The van der Waals surface area contributed by atoms with Gasteiger partial charge in [0.2, 0.25) is 0 Å². The Morgan fingerprint density at radius 1 is 1.40 bits per heavy atom. The molecule has 5 heteroatoms. The summed E-state index contributed by atoms with van der Waals surface area (Å²) in [6.45, 7) is 4.51. The van der Waals surface area contributed by atoms with Crippen molar-refractivity contribution in [3.63, 3.8) is 0 Å². The maximum atomic E-state index is 10.8. The van der Waals surface area contributed by atoms with E-state index in [1.54, 1.807) is 6.07 Å². The van der Waals surface area contributed by atoms with Gasteiger partial charge in [-0.15, -0.1) is 0 Å². The second-order valence-electron chi connectivity index (χ2n) is 6.03. The van der Waals surface area contributed by atoms with Crippen molar-refractivity contribution >= 4 is 5.69 Å². The first-order chi connectivity index (χ1) is 9.41. The number of ether oxygens (including phenoxy) is 1. The minimum absolute atomic E-state index is 0.0450. The van der Waals surface area contributed by atoms with Gasteiger partial charge in [0.25, 0.3) is 5.69 Å². The van der Waals surface area contributed by atoms with Gasteiger partial charge in [-0.2, -0.15) is 5.26 Å². The summed E-state index contributed by atoms with van der Waals surface area (Å²) in [5.41, 5.74) is 0.237. The van der Waals surface area contributed by atoms with Crippen molar-refractivity contribution in [1.82, 2.24) is 0 Å². The van der Waals surface area contributed by atoms with E-state index in [1.165, 1.54) is 12.1 Å². The van der Waals surface area contributed by atoms with E-state index in [9.17, 15) is 10.1 Å². The molecule has 1 aromatic carbocycles. The van der Waals surface area contributed by atoms with Crippen molar-refractivity contribution in [1.29, 1.82) is 5.26 Å². The summed E-state index contributed by atoms with van der Waals surface area (Å²) < 4.78 is 5.85.